The Hall–Kier alpha value is -1.77. The first-order valence-corrected chi connectivity index (χ1v) is 7.68. The van der Waals surface area contributed by atoms with Gasteiger partial charge in [0.25, 0.3) is 10.0 Å². The predicted molar refractivity (Wildman–Crippen MR) is 77.4 cm³/mol. The molecule has 0 bridgehead atoms. The van der Waals surface area contributed by atoms with Crippen molar-refractivity contribution in [3.8, 4) is 0 Å². The summed E-state index contributed by atoms with van der Waals surface area (Å²) in [7, 11) is -2.46. The summed E-state index contributed by atoms with van der Waals surface area (Å²) in [5, 5.41) is 12.8. The Morgan fingerprint density at radius 3 is 2.57 bits per heavy atom. The normalized spacial score (nSPS) is 11.4. The topological polar surface area (TPSA) is 101 Å². The van der Waals surface area contributed by atoms with Crippen molar-refractivity contribution in [2.75, 3.05) is 4.72 Å². The summed E-state index contributed by atoms with van der Waals surface area (Å²) in [6.45, 7) is 0. The summed E-state index contributed by atoms with van der Waals surface area (Å²) in [6, 6.07) is 2.35. The predicted octanol–water partition coefficient (Wildman–Crippen LogP) is 2.23. The minimum Gasteiger partial charge on any atom is -0.478 e. The number of carbonyl (C=O) groups is 1. The van der Waals surface area contributed by atoms with E-state index in [4.69, 9.17) is 28.3 Å². The van der Waals surface area contributed by atoms with Crippen molar-refractivity contribution in [1.82, 2.24) is 9.78 Å². The van der Waals surface area contributed by atoms with Gasteiger partial charge < -0.3 is 5.11 Å². The Morgan fingerprint density at radius 1 is 1.38 bits per heavy atom. The first-order chi connectivity index (χ1) is 9.70. The SMILES string of the molecule is Cn1cc(S(=O)(=O)Nc2c(Cl)cc(Cl)cc2C(=O)O)cn1. The molecule has 0 aliphatic rings. The van der Waals surface area contributed by atoms with Crippen molar-refractivity contribution < 1.29 is 18.3 Å². The van der Waals surface area contributed by atoms with Gasteiger partial charge in [0.05, 0.1) is 22.5 Å². The van der Waals surface area contributed by atoms with Crippen molar-refractivity contribution in [3.63, 3.8) is 0 Å². The third kappa shape index (κ3) is 3.29. The molecule has 0 aliphatic heterocycles. The molecule has 0 amide bonds. The lowest BCUT2D eigenvalue weighted by atomic mass is 10.2. The fourth-order valence-electron chi connectivity index (χ4n) is 1.58. The summed E-state index contributed by atoms with van der Waals surface area (Å²) >= 11 is 11.6. The Labute approximate surface area is 130 Å². The Bertz CT molecular complexity index is 817. The molecule has 0 unspecified atom stereocenters. The lowest BCUT2D eigenvalue weighted by Gasteiger charge is -2.11. The fraction of sp³-hybridized carbons (Fsp3) is 0.0909. The third-order valence-electron chi connectivity index (χ3n) is 2.51. The van der Waals surface area contributed by atoms with Gasteiger partial charge in [-0.15, -0.1) is 0 Å². The van der Waals surface area contributed by atoms with Crippen LogP contribution in [0.4, 0.5) is 5.69 Å². The number of rotatable bonds is 4. The van der Waals surface area contributed by atoms with Gasteiger partial charge in [-0.2, -0.15) is 5.10 Å². The number of aryl methyl sites for hydroxylation is 1. The van der Waals surface area contributed by atoms with E-state index < -0.39 is 16.0 Å². The average Bonchev–Trinajstić information content (AvgIpc) is 2.79. The Kier molecular flexibility index (Phi) is 4.13. The van der Waals surface area contributed by atoms with Crippen LogP contribution in [0.25, 0.3) is 0 Å². The highest BCUT2D eigenvalue weighted by Gasteiger charge is 2.22. The van der Waals surface area contributed by atoms with E-state index >= 15 is 0 Å². The van der Waals surface area contributed by atoms with Gasteiger partial charge in [-0.3, -0.25) is 9.40 Å². The standard InChI is InChI=1S/C11H9Cl2N3O4S/c1-16-5-7(4-14-16)21(19,20)15-10-8(11(17)18)2-6(12)3-9(10)13/h2-5,15H,1H3,(H,17,18). The Balaban J connectivity index is 2.51. The minimum atomic E-state index is -4.01. The van der Waals surface area contributed by atoms with E-state index in [1.54, 1.807) is 7.05 Å². The highest BCUT2D eigenvalue weighted by atomic mass is 35.5. The largest absolute Gasteiger partial charge is 0.478 e. The molecule has 0 atom stereocenters. The quantitative estimate of drug-likeness (QED) is 0.881. The zero-order chi connectivity index (χ0) is 15.8. The number of hydrogen-bond donors (Lipinski definition) is 2. The molecule has 2 rings (SSSR count). The maximum absolute atomic E-state index is 12.2. The monoisotopic (exact) mass is 349 g/mol. The molecule has 0 radical (unpaired) electrons. The van der Waals surface area contributed by atoms with Crippen LogP contribution < -0.4 is 4.72 Å². The number of aromatic nitrogens is 2. The van der Waals surface area contributed by atoms with Crippen molar-refractivity contribution in [2.24, 2.45) is 7.05 Å². The van der Waals surface area contributed by atoms with Gasteiger partial charge in [-0.25, -0.2) is 13.2 Å². The van der Waals surface area contributed by atoms with Crippen LogP contribution >= 0.6 is 23.2 Å². The van der Waals surface area contributed by atoms with Gasteiger partial charge in [0.15, 0.2) is 0 Å². The number of anilines is 1. The number of nitrogens with zero attached hydrogens (tertiary/aromatic N) is 2. The fourth-order valence-corrected chi connectivity index (χ4v) is 3.26. The molecule has 0 saturated heterocycles. The van der Waals surface area contributed by atoms with Crippen LogP contribution in [0.15, 0.2) is 29.4 Å². The van der Waals surface area contributed by atoms with E-state index in [9.17, 15) is 13.2 Å². The number of nitrogens with one attached hydrogen (secondary N) is 1. The highest BCUT2D eigenvalue weighted by Crippen LogP contribution is 2.32. The second kappa shape index (κ2) is 5.55. The van der Waals surface area contributed by atoms with Crippen molar-refractivity contribution in [2.45, 2.75) is 4.90 Å². The van der Waals surface area contributed by atoms with Crippen molar-refractivity contribution in [3.05, 3.63) is 40.1 Å². The summed E-state index contributed by atoms with van der Waals surface area (Å²) in [5.41, 5.74) is -0.600. The van der Waals surface area contributed by atoms with Gasteiger partial charge in [0.2, 0.25) is 0 Å². The van der Waals surface area contributed by atoms with Crippen LogP contribution in [0, 0.1) is 0 Å². The van der Waals surface area contributed by atoms with Crippen LogP contribution in [0.1, 0.15) is 10.4 Å². The molecule has 21 heavy (non-hydrogen) atoms. The van der Waals surface area contributed by atoms with Crippen molar-refractivity contribution in [1.29, 1.82) is 0 Å². The number of carboxylic acids is 1. The molecule has 2 aromatic rings. The summed E-state index contributed by atoms with van der Waals surface area (Å²) in [6.07, 6.45) is 2.40. The van der Waals surface area contributed by atoms with Crippen LogP contribution in [0.5, 0.6) is 0 Å². The van der Waals surface area contributed by atoms with Gasteiger partial charge in [-0.05, 0) is 12.1 Å². The maximum atomic E-state index is 12.2. The van der Waals surface area contributed by atoms with E-state index in [1.807, 2.05) is 0 Å². The molecule has 7 nitrogen and oxygen atoms in total. The van der Waals surface area contributed by atoms with E-state index in [1.165, 1.54) is 16.9 Å². The average molecular weight is 350 g/mol. The third-order valence-corrected chi connectivity index (χ3v) is 4.33. The van der Waals surface area contributed by atoms with Crippen LogP contribution in [0.2, 0.25) is 10.0 Å². The molecule has 1 aromatic carbocycles. The second-order valence-electron chi connectivity index (χ2n) is 4.07. The molecule has 0 fully saturated rings. The lowest BCUT2D eigenvalue weighted by Crippen LogP contribution is -2.15. The maximum Gasteiger partial charge on any atom is 0.337 e. The molecule has 112 valence electrons. The molecule has 0 spiro atoms. The van der Waals surface area contributed by atoms with Gasteiger partial charge in [0.1, 0.15) is 4.90 Å². The molecule has 0 aliphatic carbocycles. The molecule has 1 aromatic heterocycles. The lowest BCUT2D eigenvalue weighted by molar-refractivity contribution is 0.0698. The van der Waals surface area contributed by atoms with Gasteiger partial charge in [0, 0.05) is 18.3 Å². The number of sulfonamides is 1. The molecule has 1 heterocycles. The molecule has 0 saturated carbocycles. The zero-order valence-electron chi connectivity index (χ0n) is 10.5. The zero-order valence-corrected chi connectivity index (χ0v) is 12.9. The highest BCUT2D eigenvalue weighted by molar-refractivity contribution is 7.92. The smallest absolute Gasteiger partial charge is 0.337 e. The molecule has 10 heteroatoms. The van der Waals surface area contributed by atoms with E-state index in [-0.39, 0.29) is 26.2 Å². The van der Waals surface area contributed by atoms with Crippen LogP contribution in [-0.2, 0) is 17.1 Å². The number of benzene rings is 1. The van der Waals surface area contributed by atoms with E-state index in [2.05, 4.69) is 9.82 Å². The van der Waals surface area contributed by atoms with Crippen LogP contribution in [0.3, 0.4) is 0 Å². The first-order valence-electron chi connectivity index (χ1n) is 5.44. The Morgan fingerprint density at radius 2 is 2.05 bits per heavy atom. The summed E-state index contributed by atoms with van der Waals surface area (Å²) in [4.78, 5) is 11.1. The number of carboxylic acid groups (broad SMARTS) is 1. The number of halogens is 2. The van der Waals surface area contributed by atoms with E-state index in [0.29, 0.717) is 0 Å². The molecule has 2 N–H and O–H groups in total. The molecular formula is C11H9Cl2N3O4S. The summed E-state index contributed by atoms with van der Waals surface area (Å²) in [5.74, 6) is -1.36. The van der Waals surface area contributed by atoms with Gasteiger partial charge >= 0.3 is 5.97 Å². The van der Waals surface area contributed by atoms with Crippen molar-refractivity contribution >= 4 is 44.9 Å². The summed E-state index contributed by atoms with van der Waals surface area (Å²) < 4.78 is 27.8. The molecular weight excluding hydrogens is 341 g/mol. The van der Waals surface area contributed by atoms with Gasteiger partial charge in [-0.1, -0.05) is 23.2 Å². The number of aromatic carboxylic acids is 1. The van der Waals surface area contributed by atoms with Crippen LogP contribution in [-0.4, -0.2) is 29.3 Å². The minimum absolute atomic E-state index is 0.0849. The van der Waals surface area contributed by atoms with E-state index in [0.717, 1.165) is 12.3 Å². The number of hydrogen-bond acceptors (Lipinski definition) is 4. The second-order valence-corrected chi connectivity index (χ2v) is 6.60. The first kappa shape index (κ1) is 15.6.